The molecule has 2 rings (SSSR count). The minimum atomic E-state index is -0.451. The Hall–Kier alpha value is -1.71. The van der Waals surface area contributed by atoms with E-state index in [9.17, 15) is 10.1 Å². The number of anilines is 1. The smallest absolute Gasteiger partial charge is 0.372 e. The van der Waals surface area contributed by atoms with E-state index in [0.29, 0.717) is 18.1 Å². The molecule has 0 saturated carbocycles. The zero-order valence-electron chi connectivity index (χ0n) is 10.5. The van der Waals surface area contributed by atoms with Crippen molar-refractivity contribution in [2.45, 2.75) is 6.10 Å². The van der Waals surface area contributed by atoms with Crippen molar-refractivity contribution in [3.05, 3.63) is 21.7 Å². The Morgan fingerprint density at radius 3 is 3.05 bits per heavy atom. The number of aromatic nitrogens is 2. The lowest BCUT2D eigenvalue weighted by atomic mass is 10.3. The molecule has 0 radical (unpaired) electrons. The largest absolute Gasteiger partial charge is 0.382 e. The zero-order valence-corrected chi connectivity index (χ0v) is 11.3. The van der Waals surface area contributed by atoms with Gasteiger partial charge in [-0.2, -0.15) is 9.38 Å². The molecule has 104 valence electrons. The molecule has 0 fully saturated rings. The third kappa shape index (κ3) is 2.83. The first kappa shape index (κ1) is 13.7. The zero-order chi connectivity index (χ0) is 13.8. The average molecular weight is 286 g/mol. The van der Waals surface area contributed by atoms with Gasteiger partial charge in [0.05, 0.1) is 12.7 Å². The van der Waals surface area contributed by atoms with Crippen LogP contribution < -0.4 is 5.32 Å². The summed E-state index contributed by atoms with van der Waals surface area (Å²) in [5.74, 6) is 0.179. The lowest BCUT2D eigenvalue weighted by Crippen LogP contribution is -2.26. The van der Waals surface area contributed by atoms with Crippen LogP contribution in [0.25, 0.3) is 4.96 Å². The average Bonchev–Trinajstić information content (AvgIpc) is 2.93. The molecule has 0 aromatic carbocycles. The molecule has 0 aliphatic rings. The van der Waals surface area contributed by atoms with Crippen molar-refractivity contribution in [1.29, 1.82) is 0 Å². The van der Waals surface area contributed by atoms with E-state index < -0.39 is 4.92 Å². The van der Waals surface area contributed by atoms with Gasteiger partial charge in [0.2, 0.25) is 5.82 Å². The fourth-order valence-electron chi connectivity index (χ4n) is 1.67. The molecule has 9 heteroatoms. The molecule has 8 nitrogen and oxygen atoms in total. The number of nitrogens with zero attached hydrogens (tertiary/aromatic N) is 3. The molecular formula is C10H14N4O4S. The summed E-state index contributed by atoms with van der Waals surface area (Å²) in [6.45, 7) is 0.787. The van der Waals surface area contributed by atoms with Gasteiger partial charge in [-0.15, -0.1) is 0 Å². The molecule has 1 N–H and O–H groups in total. The Bertz CT molecular complexity index is 567. The summed E-state index contributed by atoms with van der Waals surface area (Å²) in [6, 6.07) is 0. The predicted molar refractivity (Wildman–Crippen MR) is 70.9 cm³/mol. The first-order valence-corrected chi connectivity index (χ1v) is 6.41. The summed E-state index contributed by atoms with van der Waals surface area (Å²) in [4.78, 5) is 15.4. The maximum atomic E-state index is 11.1. The van der Waals surface area contributed by atoms with Gasteiger partial charge in [0.25, 0.3) is 4.96 Å². The molecule has 2 aromatic rings. The number of hydrogen-bond acceptors (Lipinski definition) is 7. The summed E-state index contributed by atoms with van der Waals surface area (Å²) in [6.07, 6.45) is 1.43. The summed E-state index contributed by atoms with van der Waals surface area (Å²) < 4.78 is 11.6. The molecule has 2 aromatic heterocycles. The molecule has 0 spiro atoms. The van der Waals surface area contributed by atoms with Crippen molar-refractivity contribution in [2.24, 2.45) is 0 Å². The van der Waals surface area contributed by atoms with Gasteiger partial charge in [0, 0.05) is 26.1 Å². The molecule has 0 aliphatic heterocycles. The normalized spacial score (nSPS) is 12.7. The van der Waals surface area contributed by atoms with Crippen molar-refractivity contribution in [3.63, 3.8) is 0 Å². The molecule has 1 atom stereocenters. The number of rotatable bonds is 7. The first-order valence-electron chi connectivity index (χ1n) is 5.53. The Morgan fingerprint density at radius 2 is 2.42 bits per heavy atom. The van der Waals surface area contributed by atoms with Crippen LogP contribution in [0, 0.1) is 10.1 Å². The quantitative estimate of drug-likeness (QED) is 0.610. The van der Waals surface area contributed by atoms with E-state index in [4.69, 9.17) is 9.47 Å². The van der Waals surface area contributed by atoms with Gasteiger partial charge < -0.3 is 24.9 Å². The minimum Gasteiger partial charge on any atom is -0.382 e. The summed E-state index contributed by atoms with van der Waals surface area (Å²) in [5.41, 5.74) is 0. The number of thiazole rings is 1. The van der Waals surface area contributed by atoms with E-state index in [0.717, 1.165) is 0 Å². The van der Waals surface area contributed by atoms with E-state index in [2.05, 4.69) is 10.3 Å². The third-order valence-electron chi connectivity index (χ3n) is 2.59. The van der Waals surface area contributed by atoms with Crippen LogP contribution >= 0.6 is 11.3 Å². The second kappa shape index (κ2) is 5.95. The standard InChI is InChI=1S/C10H14N4O4S/c1-17-6-7(18-2)5-11-8-9(14(15)16)13-3-4-19-10(13)12-8/h3-4,7,11H,5-6H2,1-2H3. The van der Waals surface area contributed by atoms with Crippen molar-refractivity contribution in [1.82, 2.24) is 9.38 Å². The van der Waals surface area contributed by atoms with Crippen molar-refractivity contribution >= 4 is 27.9 Å². The van der Waals surface area contributed by atoms with Crippen LogP contribution in [0.2, 0.25) is 0 Å². The number of nitro groups is 1. The summed E-state index contributed by atoms with van der Waals surface area (Å²) in [5, 5.41) is 15.8. The van der Waals surface area contributed by atoms with Crippen molar-refractivity contribution in [2.75, 3.05) is 32.7 Å². The van der Waals surface area contributed by atoms with E-state index >= 15 is 0 Å². The van der Waals surface area contributed by atoms with Crippen LogP contribution in [0.15, 0.2) is 11.6 Å². The van der Waals surface area contributed by atoms with Crippen LogP contribution in [0.3, 0.4) is 0 Å². The fraction of sp³-hybridized carbons (Fsp3) is 0.500. The highest BCUT2D eigenvalue weighted by atomic mass is 32.1. The molecule has 0 amide bonds. The molecule has 2 heterocycles. The number of nitrogens with one attached hydrogen (secondary N) is 1. The van der Waals surface area contributed by atoms with Gasteiger partial charge in [0.15, 0.2) is 0 Å². The maximum Gasteiger partial charge on any atom is 0.372 e. The SMILES string of the molecule is COCC(CNc1nc2sccn2c1[N+](=O)[O-])OC. The van der Waals surface area contributed by atoms with Gasteiger partial charge in [-0.05, 0) is 4.92 Å². The Labute approximate surface area is 113 Å². The number of hydrogen-bond donors (Lipinski definition) is 1. The molecule has 1 unspecified atom stereocenters. The molecule has 0 saturated heterocycles. The highest BCUT2D eigenvalue weighted by Crippen LogP contribution is 2.27. The fourth-order valence-corrected chi connectivity index (χ4v) is 2.38. The van der Waals surface area contributed by atoms with Gasteiger partial charge in [-0.25, -0.2) is 0 Å². The Morgan fingerprint density at radius 1 is 1.63 bits per heavy atom. The van der Waals surface area contributed by atoms with Crippen LogP contribution in [0.4, 0.5) is 11.6 Å². The lowest BCUT2D eigenvalue weighted by molar-refractivity contribution is -0.389. The number of methoxy groups -OCH3 is 2. The van der Waals surface area contributed by atoms with E-state index in [1.165, 1.54) is 15.7 Å². The van der Waals surface area contributed by atoms with E-state index in [1.807, 2.05) is 0 Å². The number of fused-ring (bicyclic) bond motifs is 1. The first-order chi connectivity index (χ1) is 9.17. The topological polar surface area (TPSA) is 90.9 Å². The van der Waals surface area contributed by atoms with E-state index in [1.54, 1.807) is 25.8 Å². The van der Waals surface area contributed by atoms with E-state index in [-0.39, 0.29) is 17.7 Å². The van der Waals surface area contributed by atoms with Crippen LogP contribution in [-0.4, -0.2) is 47.8 Å². The minimum absolute atomic E-state index is 0.0662. The van der Waals surface area contributed by atoms with Gasteiger partial charge in [-0.3, -0.25) is 0 Å². The predicted octanol–water partition coefficient (Wildman–Crippen LogP) is 1.38. The van der Waals surface area contributed by atoms with Gasteiger partial charge >= 0.3 is 5.82 Å². The highest BCUT2D eigenvalue weighted by Gasteiger charge is 2.23. The maximum absolute atomic E-state index is 11.1. The lowest BCUT2D eigenvalue weighted by Gasteiger charge is -2.14. The second-order valence-corrected chi connectivity index (χ2v) is 4.66. The molecule has 0 aliphatic carbocycles. The van der Waals surface area contributed by atoms with Crippen molar-refractivity contribution < 1.29 is 14.4 Å². The van der Waals surface area contributed by atoms with Crippen LogP contribution in [0.1, 0.15) is 0 Å². The molecular weight excluding hydrogens is 272 g/mol. The Kier molecular flexibility index (Phi) is 4.30. The van der Waals surface area contributed by atoms with Gasteiger partial charge in [0.1, 0.15) is 6.20 Å². The number of imidazole rings is 1. The molecule has 0 bridgehead atoms. The van der Waals surface area contributed by atoms with Crippen LogP contribution in [0.5, 0.6) is 0 Å². The van der Waals surface area contributed by atoms with Crippen molar-refractivity contribution in [3.8, 4) is 0 Å². The summed E-state index contributed by atoms with van der Waals surface area (Å²) in [7, 11) is 3.13. The van der Waals surface area contributed by atoms with Crippen LogP contribution in [-0.2, 0) is 9.47 Å². The summed E-state index contributed by atoms with van der Waals surface area (Å²) >= 11 is 1.34. The molecule has 19 heavy (non-hydrogen) atoms. The highest BCUT2D eigenvalue weighted by molar-refractivity contribution is 7.15. The number of ether oxygens (including phenoxy) is 2. The third-order valence-corrected chi connectivity index (χ3v) is 3.35. The monoisotopic (exact) mass is 286 g/mol. The second-order valence-electron chi connectivity index (χ2n) is 3.79. The Balaban J connectivity index is 2.17. The van der Waals surface area contributed by atoms with Gasteiger partial charge in [-0.1, -0.05) is 11.3 Å².